The molecular weight excluding hydrogens is 594 g/mol. The van der Waals surface area contributed by atoms with E-state index in [1.807, 2.05) is 36.4 Å². The van der Waals surface area contributed by atoms with Crippen LogP contribution in [0, 0.1) is 0 Å². The molecule has 3 aliphatic heterocycles. The van der Waals surface area contributed by atoms with Crippen LogP contribution in [-0.4, -0.2) is 62.1 Å². The Morgan fingerprint density at radius 1 is 0.850 bits per heavy atom. The summed E-state index contributed by atoms with van der Waals surface area (Å²) in [4.78, 5) is 2.44. The number of benzene rings is 3. The lowest BCUT2D eigenvalue weighted by Crippen LogP contribution is -2.35. The van der Waals surface area contributed by atoms with Crippen LogP contribution in [0.25, 0.3) is 11.1 Å². The molecule has 1 N–H and O–H groups in total. The highest BCUT2D eigenvalue weighted by molar-refractivity contribution is 9.10. The molecule has 7 nitrogen and oxygen atoms in total. The molecule has 6 rings (SSSR count). The summed E-state index contributed by atoms with van der Waals surface area (Å²) in [6.07, 6.45) is 3.02. The number of likely N-dealkylation sites (tertiary alicyclic amines) is 1. The van der Waals surface area contributed by atoms with Gasteiger partial charge in [0.25, 0.3) is 0 Å². The fourth-order valence-electron chi connectivity index (χ4n) is 5.89. The van der Waals surface area contributed by atoms with Crippen LogP contribution in [0.4, 0.5) is 0 Å². The standard InChI is InChI=1S/C31H32BrNO6S/c32-23-8-14-26(15-9-23)39-40(35,36)28-20-27-29(21-4-10-24(34)11-5-21)30(31(28)38-27)22-6-12-25(13-7-22)37-19-18-33-16-2-1-3-17-33/h4-15,27-28,31,34H,1-3,16-20H2/t27-,28+,31+/m0/s1. The highest BCUT2D eigenvalue weighted by Gasteiger charge is 2.53. The maximum absolute atomic E-state index is 13.5. The Balaban J connectivity index is 1.26. The van der Waals surface area contributed by atoms with Crippen molar-refractivity contribution in [1.82, 2.24) is 4.90 Å². The molecule has 2 saturated heterocycles. The van der Waals surface area contributed by atoms with Crippen LogP contribution in [-0.2, 0) is 14.9 Å². The summed E-state index contributed by atoms with van der Waals surface area (Å²) in [5.41, 5.74) is 3.54. The quantitative estimate of drug-likeness (QED) is 0.297. The zero-order valence-electron chi connectivity index (χ0n) is 22.0. The van der Waals surface area contributed by atoms with E-state index in [1.54, 1.807) is 36.4 Å². The predicted molar refractivity (Wildman–Crippen MR) is 158 cm³/mol. The molecule has 3 heterocycles. The smallest absolute Gasteiger partial charge is 0.315 e. The largest absolute Gasteiger partial charge is 0.508 e. The SMILES string of the molecule is O=S(=O)(Oc1ccc(Br)cc1)[C@@H]1C[C@@H]2O[C@H]1C(c1ccc(OCCN3CCCCC3)cc1)=C2c1ccc(O)cc1. The first-order valence-electron chi connectivity index (χ1n) is 13.7. The Bertz CT molecular complexity index is 1470. The lowest BCUT2D eigenvalue weighted by molar-refractivity contribution is 0.128. The summed E-state index contributed by atoms with van der Waals surface area (Å²) in [6, 6.07) is 21.5. The third kappa shape index (κ3) is 5.79. The Kier molecular flexibility index (Phi) is 7.90. The van der Waals surface area contributed by atoms with E-state index in [0.29, 0.717) is 13.0 Å². The molecule has 3 atom stereocenters. The molecule has 3 aromatic rings. The molecule has 0 aliphatic carbocycles. The van der Waals surface area contributed by atoms with E-state index in [4.69, 9.17) is 13.7 Å². The molecule has 210 valence electrons. The monoisotopic (exact) mass is 625 g/mol. The first kappa shape index (κ1) is 27.3. The van der Waals surface area contributed by atoms with E-state index in [2.05, 4.69) is 20.8 Å². The first-order chi connectivity index (χ1) is 19.4. The van der Waals surface area contributed by atoms with E-state index in [1.165, 1.54) is 19.3 Å². The maximum atomic E-state index is 13.5. The van der Waals surface area contributed by atoms with Crippen molar-refractivity contribution in [3.63, 3.8) is 0 Å². The highest BCUT2D eigenvalue weighted by atomic mass is 79.9. The second-order valence-corrected chi connectivity index (χ2v) is 13.2. The van der Waals surface area contributed by atoms with Crippen LogP contribution in [0.15, 0.2) is 77.3 Å². The average molecular weight is 627 g/mol. The second kappa shape index (κ2) is 11.6. The van der Waals surface area contributed by atoms with E-state index in [9.17, 15) is 13.5 Å². The Morgan fingerprint density at radius 2 is 1.48 bits per heavy atom. The van der Waals surface area contributed by atoms with Gasteiger partial charge >= 0.3 is 10.1 Å². The van der Waals surface area contributed by atoms with Gasteiger partial charge in [0, 0.05) is 17.4 Å². The topological polar surface area (TPSA) is 85.3 Å². The van der Waals surface area contributed by atoms with Crippen LogP contribution in [0.5, 0.6) is 17.2 Å². The number of hydrogen-bond donors (Lipinski definition) is 1. The molecule has 9 heteroatoms. The minimum atomic E-state index is -3.98. The number of hydrogen-bond acceptors (Lipinski definition) is 7. The van der Waals surface area contributed by atoms with Crippen LogP contribution in [0.2, 0.25) is 0 Å². The van der Waals surface area contributed by atoms with Gasteiger partial charge in [-0.25, -0.2) is 0 Å². The zero-order valence-corrected chi connectivity index (χ0v) is 24.4. The summed E-state index contributed by atoms with van der Waals surface area (Å²) in [5.74, 6) is 1.21. The lowest BCUT2D eigenvalue weighted by Gasteiger charge is -2.26. The molecule has 0 aromatic heterocycles. The minimum Gasteiger partial charge on any atom is -0.508 e. The van der Waals surface area contributed by atoms with Gasteiger partial charge in [0.2, 0.25) is 0 Å². The maximum Gasteiger partial charge on any atom is 0.315 e. The van der Waals surface area contributed by atoms with Gasteiger partial charge in [0.15, 0.2) is 0 Å². The summed E-state index contributed by atoms with van der Waals surface area (Å²) in [7, 11) is -3.98. The molecule has 0 amide bonds. The van der Waals surface area contributed by atoms with Crippen molar-refractivity contribution >= 4 is 37.2 Å². The number of rotatable bonds is 9. The lowest BCUT2D eigenvalue weighted by atomic mass is 9.83. The van der Waals surface area contributed by atoms with Gasteiger partial charge in [-0.05, 0) is 96.7 Å². The number of halogens is 1. The number of piperidine rings is 1. The Morgan fingerprint density at radius 3 is 2.17 bits per heavy atom. The molecule has 2 bridgehead atoms. The summed E-state index contributed by atoms with van der Waals surface area (Å²) in [6.45, 7) is 3.80. The molecule has 40 heavy (non-hydrogen) atoms. The van der Waals surface area contributed by atoms with Crippen molar-refractivity contribution in [3.8, 4) is 17.2 Å². The van der Waals surface area contributed by atoms with Crippen LogP contribution >= 0.6 is 15.9 Å². The highest BCUT2D eigenvalue weighted by Crippen LogP contribution is 2.51. The van der Waals surface area contributed by atoms with Gasteiger partial charge in [0.1, 0.15) is 35.2 Å². The number of phenolic OH excluding ortho intramolecular Hbond substituents is 1. The van der Waals surface area contributed by atoms with Crippen molar-refractivity contribution in [3.05, 3.63) is 88.4 Å². The number of phenols is 1. The number of ether oxygens (including phenoxy) is 2. The Labute approximate surface area is 243 Å². The predicted octanol–water partition coefficient (Wildman–Crippen LogP) is 5.88. The average Bonchev–Trinajstić information content (AvgIpc) is 3.56. The van der Waals surface area contributed by atoms with Crippen molar-refractivity contribution in [2.24, 2.45) is 0 Å². The van der Waals surface area contributed by atoms with Gasteiger partial charge in [-0.15, -0.1) is 0 Å². The third-order valence-electron chi connectivity index (χ3n) is 7.86. The molecule has 2 fully saturated rings. The fourth-order valence-corrected chi connectivity index (χ4v) is 7.57. The van der Waals surface area contributed by atoms with E-state index in [0.717, 1.165) is 52.1 Å². The van der Waals surface area contributed by atoms with Crippen LogP contribution < -0.4 is 8.92 Å². The van der Waals surface area contributed by atoms with Gasteiger partial charge < -0.3 is 18.8 Å². The van der Waals surface area contributed by atoms with Crippen molar-refractivity contribution < 1.29 is 27.2 Å². The van der Waals surface area contributed by atoms with Gasteiger partial charge in [0.05, 0.1) is 6.10 Å². The zero-order chi connectivity index (χ0) is 27.7. The van der Waals surface area contributed by atoms with Crippen LogP contribution in [0.3, 0.4) is 0 Å². The van der Waals surface area contributed by atoms with E-state index >= 15 is 0 Å². The minimum absolute atomic E-state index is 0.171. The van der Waals surface area contributed by atoms with Gasteiger partial charge in [-0.1, -0.05) is 46.6 Å². The molecule has 0 spiro atoms. The Hall–Kier alpha value is -2.85. The summed E-state index contributed by atoms with van der Waals surface area (Å²) >= 11 is 3.36. The number of nitrogens with zero attached hydrogens (tertiary/aromatic N) is 1. The van der Waals surface area contributed by atoms with Gasteiger partial charge in [-0.2, -0.15) is 8.42 Å². The summed E-state index contributed by atoms with van der Waals surface area (Å²) < 4.78 is 45.6. The molecule has 3 aromatic carbocycles. The fraction of sp³-hybridized carbons (Fsp3) is 0.355. The van der Waals surface area contributed by atoms with Gasteiger partial charge in [-0.3, -0.25) is 4.90 Å². The van der Waals surface area contributed by atoms with E-state index < -0.39 is 27.6 Å². The van der Waals surface area contributed by atoms with Crippen LogP contribution in [0.1, 0.15) is 36.8 Å². The van der Waals surface area contributed by atoms with Crippen molar-refractivity contribution in [2.75, 3.05) is 26.2 Å². The summed E-state index contributed by atoms with van der Waals surface area (Å²) in [5, 5.41) is 8.99. The van der Waals surface area contributed by atoms with E-state index in [-0.39, 0.29) is 11.5 Å². The molecule has 0 unspecified atom stereocenters. The molecule has 3 aliphatic rings. The van der Waals surface area contributed by atoms with Crippen molar-refractivity contribution in [1.29, 1.82) is 0 Å². The number of aromatic hydroxyl groups is 1. The second-order valence-electron chi connectivity index (χ2n) is 10.5. The molecule has 0 saturated carbocycles. The third-order valence-corrected chi connectivity index (χ3v) is 9.99. The molecular formula is C31H32BrNO6S. The number of fused-ring (bicyclic) bond motifs is 2. The normalized spacial score (nSPS) is 23.0. The van der Waals surface area contributed by atoms with Crippen molar-refractivity contribution in [2.45, 2.75) is 43.1 Å². The first-order valence-corrected chi connectivity index (χ1v) is 16.0. The molecule has 0 radical (unpaired) electrons.